The van der Waals surface area contributed by atoms with Gasteiger partial charge in [-0.2, -0.15) is 18.3 Å². The maximum absolute atomic E-state index is 14.0. The Kier molecular flexibility index (Phi) is 6.20. The van der Waals surface area contributed by atoms with Crippen molar-refractivity contribution in [2.24, 2.45) is 0 Å². The highest BCUT2D eigenvalue weighted by Crippen LogP contribution is 2.51. The van der Waals surface area contributed by atoms with E-state index >= 15 is 0 Å². The summed E-state index contributed by atoms with van der Waals surface area (Å²) in [7, 11) is 0. The van der Waals surface area contributed by atoms with Crippen LogP contribution >= 0.6 is 15.9 Å². The number of alkyl halides is 3. The molecule has 1 N–H and O–H groups in total. The number of rotatable bonds is 4. The number of amides is 2. The molecule has 0 radical (unpaired) electrons. The fourth-order valence-corrected chi connectivity index (χ4v) is 7.01. The van der Waals surface area contributed by atoms with Crippen molar-refractivity contribution in [3.8, 4) is 0 Å². The highest BCUT2D eigenvalue weighted by atomic mass is 79.9. The number of nitrogens with one attached hydrogen (secondary N) is 1. The Morgan fingerprint density at radius 3 is 2.72 bits per heavy atom. The third-order valence-corrected chi connectivity index (χ3v) is 8.94. The molecule has 2 aromatic heterocycles. The highest BCUT2D eigenvalue weighted by molar-refractivity contribution is 9.10. The second-order valence-corrected chi connectivity index (χ2v) is 11.2. The van der Waals surface area contributed by atoms with Gasteiger partial charge in [0.15, 0.2) is 5.65 Å². The number of hydrogen-bond acceptors (Lipinski definition) is 5. The van der Waals surface area contributed by atoms with Gasteiger partial charge in [0.05, 0.1) is 11.6 Å². The zero-order chi connectivity index (χ0) is 27.5. The average Bonchev–Trinajstić information content (AvgIpc) is 3.64. The van der Waals surface area contributed by atoms with Gasteiger partial charge in [0.2, 0.25) is 11.8 Å². The number of carbonyl (C=O) groups excluding carboxylic acids is 2. The fourth-order valence-electron chi connectivity index (χ4n) is 6.27. The van der Waals surface area contributed by atoms with Crippen LogP contribution in [-0.2, 0) is 15.0 Å². The highest BCUT2D eigenvalue weighted by Gasteiger charge is 2.54. The molecule has 3 aliphatic heterocycles. The molecule has 1 atom stereocenters. The van der Waals surface area contributed by atoms with Crippen molar-refractivity contribution in [2.75, 3.05) is 31.1 Å². The molecule has 204 valence electrons. The lowest BCUT2D eigenvalue weighted by Gasteiger charge is -2.40. The Hall–Kier alpha value is -3.41. The Labute approximate surface area is 231 Å². The van der Waals surface area contributed by atoms with E-state index in [0.717, 1.165) is 31.6 Å². The topological polar surface area (TPSA) is 85.4 Å². The van der Waals surface area contributed by atoms with Crippen LogP contribution in [-0.4, -0.2) is 75.2 Å². The number of benzene rings is 1. The number of hydrogen-bond donors (Lipinski definition) is 1. The lowest BCUT2D eigenvalue weighted by Crippen LogP contribution is -2.52. The van der Waals surface area contributed by atoms with E-state index in [4.69, 9.17) is 0 Å². The van der Waals surface area contributed by atoms with Gasteiger partial charge in [-0.15, -0.1) is 0 Å². The van der Waals surface area contributed by atoms with Crippen molar-refractivity contribution in [1.82, 2.24) is 25.0 Å². The van der Waals surface area contributed by atoms with Crippen LogP contribution in [0.15, 0.2) is 47.7 Å². The number of nitrogens with zero attached hydrogens (tertiary/aromatic N) is 5. The number of aromatic amines is 1. The van der Waals surface area contributed by atoms with E-state index in [0.29, 0.717) is 43.7 Å². The zero-order valence-corrected chi connectivity index (χ0v) is 22.6. The first-order chi connectivity index (χ1) is 18.6. The number of piperidine rings is 1. The van der Waals surface area contributed by atoms with E-state index in [9.17, 15) is 22.8 Å². The van der Waals surface area contributed by atoms with Gasteiger partial charge >= 0.3 is 6.18 Å². The molecule has 1 aromatic carbocycles. The summed E-state index contributed by atoms with van der Waals surface area (Å²) in [5, 5.41) is 7.71. The van der Waals surface area contributed by atoms with Gasteiger partial charge in [-0.3, -0.25) is 14.7 Å². The zero-order valence-electron chi connectivity index (χ0n) is 21.0. The Balaban J connectivity index is 1.24. The second-order valence-electron chi connectivity index (χ2n) is 10.4. The summed E-state index contributed by atoms with van der Waals surface area (Å²) < 4.78 is 41.3. The molecule has 8 nitrogen and oxygen atoms in total. The third kappa shape index (κ3) is 4.19. The van der Waals surface area contributed by atoms with Crippen molar-refractivity contribution in [3.63, 3.8) is 0 Å². The minimum atomic E-state index is -4.49. The molecule has 6 rings (SSSR count). The SMILES string of the molecule is C=C(c1cnc2[nH]ncc2c1)N1CCC2(CC1)C(=O)N(CC(=O)N1CCC[C@H]1C(F)(F)F)c1cccc(Br)c12. The number of carbonyl (C=O) groups is 2. The lowest BCUT2D eigenvalue weighted by molar-refractivity contribution is -0.182. The minimum absolute atomic E-state index is 0.0397. The van der Waals surface area contributed by atoms with E-state index in [1.165, 1.54) is 4.90 Å². The van der Waals surface area contributed by atoms with Crippen LogP contribution in [0.4, 0.5) is 18.9 Å². The summed E-state index contributed by atoms with van der Waals surface area (Å²) in [5.41, 5.74) is 2.82. The molecular formula is C27H26BrF3N6O2. The number of H-pyrrole nitrogens is 1. The van der Waals surface area contributed by atoms with E-state index in [-0.39, 0.29) is 18.9 Å². The molecule has 0 unspecified atom stereocenters. The molecule has 2 fully saturated rings. The number of anilines is 1. The van der Waals surface area contributed by atoms with Crippen molar-refractivity contribution < 1.29 is 22.8 Å². The minimum Gasteiger partial charge on any atom is -0.371 e. The van der Waals surface area contributed by atoms with Crippen LogP contribution in [0.1, 0.15) is 36.8 Å². The predicted molar refractivity (Wildman–Crippen MR) is 143 cm³/mol. The predicted octanol–water partition coefficient (Wildman–Crippen LogP) is 4.62. The van der Waals surface area contributed by atoms with Crippen LogP contribution in [0.2, 0.25) is 0 Å². The van der Waals surface area contributed by atoms with E-state index in [2.05, 4.69) is 42.6 Å². The number of aromatic nitrogens is 3. The van der Waals surface area contributed by atoms with Crippen molar-refractivity contribution in [2.45, 2.75) is 43.3 Å². The number of fused-ring (bicyclic) bond motifs is 3. The summed E-state index contributed by atoms with van der Waals surface area (Å²) in [5.74, 6) is -0.925. The van der Waals surface area contributed by atoms with Crippen LogP contribution in [0.5, 0.6) is 0 Å². The largest absolute Gasteiger partial charge is 0.408 e. The third-order valence-electron chi connectivity index (χ3n) is 8.28. The van der Waals surface area contributed by atoms with Crippen LogP contribution in [0.25, 0.3) is 16.7 Å². The molecule has 3 aliphatic rings. The van der Waals surface area contributed by atoms with Gasteiger partial charge in [0, 0.05) is 58.2 Å². The maximum atomic E-state index is 14.0. The monoisotopic (exact) mass is 602 g/mol. The van der Waals surface area contributed by atoms with E-state index in [1.807, 2.05) is 12.1 Å². The lowest BCUT2D eigenvalue weighted by atomic mass is 9.73. The molecule has 1 spiro atoms. The fraction of sp³-hybridized carbons (Fsp3) is 0.407. The quantitative estimate of drug-likeness (QED) is 0.471. The van der Waals surface area contributed by atoms with Crippen molar-refractivity contribution in [3.05, 3.63) is 58.8 Å². The molecule has 39 heavy (non-hydrogen) atoms. The average molecular weight is 603 g/mol. The molecule has 0 saturated carbocycles. The molecule has 3 aromatic rings. The molecule has 2 amide bonds. The molecular weight excluding hydrogens is 577 g/mol. The smallest absolute Gasteiger partial charge is 0.371 e. The first kappa shape index (κ1) is 25.8. The number of likely N-dealkylation sites (tertiary alicyclic amines) is 2. The molecule has 5 heterocycles. The number of halogens is 4. The van der Waals surface area contributed by atoms with Gasteiger partial charge in [0.1, 0.15) is 12.6 Å². The van der Waals surface area contributed by atoms with Crippen LogP contribution in [0.3, 0.4) is 0 Å². The molecule has 12 heteroatoms. The molecule has 0 bridgehead atoms. The summed E-state index contributed by atoms with van der Waals surface area (Å²) in [6.07, 6.45) is 0.0699. The summed E-state index contributed by atoms with van der Waals surface area (Å²) >= 11 is 3.61. The molecule has 0 aliphatic carbocycles. The first-order valence-electron chi connectivity index (χ1n) is 12.8. The van der Waals surface area contributed by atoms with Crippen molar-refractivity contribution >= 4 is 50.2 Å². The van der Waals surface area contributed by atoms with Gasteiger partial charge in [-0.1, -0.05) is 28.6 Å². The summed E-state index contributed by atoms with van der Waals surface area (Å²) in [4.78, 5) is 35.9. The number of pyridine rings is 1. The van der Waals surface area contributed by atoms with Gasteiger partial charge in [0.25, 0.3) is 0 Å². The normalized spacial score (nSPS) is 20.8. The Morgan fingerprint density at radius 2 is 1.97 bits per heavy atom. The molecule has 2 saturated heterocycles. The second kappa shape index (κ2) is 9.35. The van der Waals surface area contributed by atoms with E-state index in [1.54, 1.807) is 24.5 Å². The first-order valence-corrected chi connectivity index (χ1v) is 13.6. The Morgan fingerprint density at radius 1 is 1.21 bits per heavy atom. The Bertz CT molecular complexity index is 1480. The van der Waals surface area contributed by atoms with Crippen LogP contribution in [0, 0.1) is 0 Å². The van der Waals surface area contributed by atoms with Gasteiger partial charge < -0.3 is 14.7 Å². The van der Waals surface area contributed by atoms with Crippen molar-refractivity contribution in [1.29, 1.82) is 0 Å². The van der Waals surface area contributed by atoms with Gasteiger partial charge in [-0.25, -0.2) is 4.98 Å². The standard InChI is InChI=1S/C27H26BrF3N6O2/c1-16(17-12-18-14-33-34-24(18)32-13-17)35-10-7-26(8-11-35)23-19(28)4-2-5-20(23)37(25(26)39)15-22(38)36-9-3-6-21(36)27(29,30)31/h2,4-5,12-14,21H,1,3,6-11,15H2,(H,32,33,34)/t21-/m0/s1. The van der Waals surface area contributed by atoms with Gasteiger partial charge in [-0.05, 0) is 43.9 Å². The van der Waals surface area contributed by atoms with E-state index < -0.39 is 30.1 Å². The summed E-state index contributed by atoms with van der Waals surface area (Å²) in [6.45, 7) is 4.98. The maximum Gasteiger partial charge on any atom is 0.408 e. The van der Waals surface area contributed by atoms with Crippen LogP contribution < -0.4 is 4.90 Å². The summed E-state index contributed by atoms with van der Waals surface area (Å²) in [6, 6.07) is 5.56.